The molecule has 1 aliphatic rings. The van der Waals surface area contributed by atoms with E-state index in [0.29, 0.717) is 10.6 Å². The molecule has 1 amide bonds. The zero-order valence-corrected chi connectivity index (χ0v) is 11.9. The molecule has 1 heterocycles. The molecule has 0 aromatic heterocycles. The molecule has 1 aliphatic heterocycles. The first-order valence-corrected chi connectivity index (χ1v) is 6.32. The van der Waals surface area contributed by atoms with Crippen LogP contribution >= 0.6 is 24.0 Å². The molecule has 0 unspecified atom stereocenters. The lowest BCUT2D eigenvalue weighted by molar-refractivity contribution is 0.0930. The van der Waals surface area contributed by atoms with Crippen LogP contribution in [0.25, 0.3) is 0 Å². The summed E-state index contributed by atoms with van der Waals surface area (Å²) < 4.78 is 0. The second kappa shape index (κ2) is 6.98. The van der Waals surface area contributed by atoms with E-state index in [1.54, 1.807) is 12.1 Å². The van der Waals surface area contributed by atoms with Crippen molar-refractivity contribution in [2.24, 2.45) is 0 Å². The second-order valence-corrected chi connectivity index (χ2v) is 4.89. The van der Waals surface area contributed by atoms with Crippen LogP contribution in [0.1, 0.15) is 28.8 Å². The summed E-state index contributed by atoms with van der Waals surface area (Å²) in [6.07, 6.45) is 2.16. The molecule has 0 saturated carbocycles. The maximum absolute atomic E-state index is 12.0. The second-order valence-electron chi connectivity index (χ2n) is 4.48. The van der Waals surface area contributed by atoms with Crippen LogP contribution in [-0.4, -0.2) is 25.0 Å². The normalized spacial score (nSPS) is 18.9. The minimum atomic E-state index is -0.0153. The molecule has 2 N–H and O–H groups in total. The summed E-state index contributed by atoms with van der Waals surface area (Å²) in [7, 11) is 0. The highest BCUT2D eigenvalue weighted by Gasteiger charge is 2.16. The van der Waals surface area contributed by atoms with Crippen LogP contribution in [0.4, 0.5) is 0 Å². The van der Waals surface area contributed by atoms with Gasteiger partial charge in [0, 0.05) is 23.2 Å². The summed E-state index contributed by atoms with van der Waals surface area (Å²) in [6.45, 7) is 3.81. The Morgan fingerprint density at radius 1 is 1.50 bits per heavy atom. The van der Waals surface area contributed by atoms with Gasteiger partial charge in [0.1, 0.15) is 0 Å². The van der Waals surface area contributed by atoms with Crippen molar-refractivity contribution in [2.45, 2.75) is 25.8 Å². The van der Waals surface area contributed by atoms with Crippen molar-refractivity contribution in [2.75, 3.05) is 13.1 Å². The largest absolute Gasteiger partial charge is 0.348 e. The van der Waals surface area contributed by atoms with Crippen molar-refractivity contribution in [3.8, 4) is 0 Å². The molecule has 1 fully saturated rings. The quantitative estimate of drug-likeness (QED) is 0.878. The van der Waals surface area contributed by atoms with E-state index in [4.69, 9.17) is 11.6 Å². The SMILES string of the molecule is Cc1cc(C(=O)N[C@H]2CCCNC2)ccc1Cl.Cl. The number of nitrogens with one attached hydrogen (secondary N) is 2. The maximum atomic E-state index is 12.0. The summed E-state index contributed by atoms with van der Waals surface area (Å²) in [5.41, 5.74) is 1.61. The average molecular weight is 289 g/mol. The van der Waals surface area contributed by atoms with Crippen molar-refractivity contribution in [1.82, 2.24) is 10.6 Å². The van der Waals surface area contributed by atoms with Crippen LogP contribution in [0.2, 0.25) is 5.02 Å². The molecule has 0 aliphatic carbocycles. The highest BCUT2D eigenvalue weighted by Crippen LogP contribution is 2.16. The van der Waals surface area contributed by atoms with Crippen molar-refractivity contribution < 1.29 is 4.79 Å². The summed E-state index contributed by atoms with van der Waals surface area (Å²) in [6, 6.07) is 5.60. The van der Waals surface area contributed by atoms with Gasteiger partial charge in [-0.1, -0.05) is 11.6 Å². The standard InChI is InChI=1S/C13H17ClN2O.ClH/c1-9-7-10(4-5-12(9)14)13(17)16-11-3-2-6-15-8-11;/h4-5,7,11,15H,2-3,6,8H2,1H3,(H,16,17);1H/t11-;/m0./s1. The zero-order valence-electron chi connectivity index (χ0n) is 10.3. The zero-order chi connectivity index (χ0) is 12.3. The molecule has 0 bridgehead atoms. The van der Waals surface area contributed by atoms with Gasteiger partial charge in [-0.05, 0) is 50.1 Å². The van der Waals surface area contributed by atoms with Crippen LogP contribution < -0.4 is 10.6 Å². The van der Waals surface area contributed by atoms with Gasteiger partial charge >= 0.3 is 0 Å². The molecule has 1 aromatic rings. The molecule has 18 heavy (non-hydrogen) atoms. The van der Waals surface area contributed by atoms with Crippen LogP contribution in [0, 0.1) is 6.92 Å². The van der Waals surface area contributed by atoms with Gasteiger partial charge in [-0.2, -0.15) is 0 Å². The number of hydrogen-bond donors (Lipinski definition) is 2. The van der Waals surface area contributed by atoms with Crippen molar-refractivity contribution >= 4 is 29.9 Å². The van der Waals surface area contributed by atoms with Gasteiger partial charge in [0.05, 0.1) is 0 Å². The molecular formula is C13H18Cl2N2O. The Hall–Kier alpha value is -0.770. The fraction of sp³-hybridized carbons (Fsp3) is 0.462. The van der Waals surface area contributed by atoms with Crippen molar-refractivity contribution in [1.29, 1.82) is 0 Å². The molecular weight excluding hydrogens is 271 g/mol. The fourth-order valence-electron chi connectivity index (χ4n) is 2.03. The third kappa shape index (κ3) is 3.87. The first-order valence-electron chi connectivity index (χ1n) is 5.94. The summed E-state index contributed by atoms with van der Waals surface area (Å²) in [5.74, 6) is -0.0153. The lowest BCUT2D eigenvalue weighted by Crippen LogP contribution is -2.45. The van der Waals surface area contributed by atoms with Gasteiger partial charge in [0.25, 0.3) is 5.91 Å². The van der Waals surface area contributed by atoms with Gasteiger partial charge in [0.2, 0.25) is 0 Å². The Morgan fingerprint density at radius 3 is 2.89 bits per heavy atom. The van der Waals surface area contributed by atoms with Gasteiger partial charge in [-0.25, -0.2) is 0 Å². The van der Waals surface area contributed by atoms with E-state index in [1.165, 1.54) is 0 Å². The van der Waals surface area contributed by atoms with Gasteiger partial charge in [-0.15, -0.1) is 12.4 Å². The minimum Gasteiger partial charge on any atom is -0.348 e. The number of piperidine rings is 1. The Bertz CT molecular complexity index is 417. The predicted octanol–water partition coefficient (Wildman–Crippen LogP) is 2.55. The Kier molecular flexibility index (Phi) is 5.93. The molecule has 0 spiro atoms. The van der Waals surface area contributed by atoms with Gasteiger partial charge < -0.3 is 10.6 Å². The summed E-state index contributed by atoms with van der Waals surface area (Å²) >= 11 is 5.94. The first-order chi connectivity index (χ1) is 8.16. The predicted molar refractivity (Wildman–Crippen MR) is 76.8 cm³/mol. The van der Waals surface area contributed by atoms with E-state index >= 15 is 0 Å². The third-order valence-electron chi connectivity index (χ3n) is 3.05. The molecule has 1 saturated heterocycles. The molecule has 1 atom stereocenters. The third-order valence-corrected chi connectivity index (χ3v) is 3.48. The van der Waals surface area contributed by atoms with Crippen LogP contribution in [0.3, 0.4) is 0 Å². The highest BCUT2D eigenvalue weighted by molar-refractivity contribution is 6.31. The Labute approximate surface area is 119 Å². The van der Waals surface area contributed by atoms with Crippen LogP contribution in [0.5, 0.6) is 0 Å². The fourth-order valence-corrected chi connectivity index (χ4v) is 2.15. The number of carbonyl (C=O) groups excluding carboxylic acids is 1. The smallest absolute Gasteiger partial charge is 0.251 e. The number of hydrogen-bond acceptors (Lipinski definition) is 2. The Morgan fingerprint density at radius 2 is 2.28 bits per heavy atom. The van der Waals surface area contributed by atoms with Crippen LogP contribution in [0.15, 0.2) is 18.2 Å². The van der Waals surface area contributed by atoms with Crippen molar-refractivity contribution in [3.63, 3.8) is 0 Å². The number of amides is 1. The first kappa shape index (κ1) is 15.3. The number of halogens is 2. The molecule has 3 nitrogen and oxygen atoms in total. The summed E-state index contributed by atoms with van der Waals surface area (Å²) in [4.78, 5) is 12.0. The summed E-state index contributed by atoms with van der Waals surface area (Å²) in [5, 5.41) is 7.01. The maximum Gasteiger partial charge on any atom is 0.251 e. The lowest BCUT2D eigenvalue weighted by atomic mass is 10.1. The molecule has 100 valence electrons. The van der Waals surface area contributed by atoms with E-state index in [2.05, 4.69) is 10.6 Å². The van der Waals surface area contributed by atoms with E-state index in [-0.39, 0.29) is 24.4 Å². The topological polar surface area (TPSA) is 41.1 Å². The molecule has 0 radical (unpaired) electrons. The van der Waals surface area contributed by atoms with E-state index in [9.17, 15) is 4.79 Å². The number of carbonyl (C=O) groups is 1. The van der Waals surface area contributed by atoms with Crippen molar-refractivity contribution in [3.05, 3.63) is 34.3 Å². The number of aryl methyl sites for hydroxylation is 1. The lowest BCUT2D eigenvalue weighted by Gasteiger charge is -2.23. The van der Waals surface area contributed by atoms with Gasteiger partial charge in [0.15, 0.2) is 0 Å². The molecule has 1 aromatic carbocycles. The van der Waals surface area contributed by atoms with E-state index in [1.807, 2.05) is 13.0 Å². The highest BCUT2D eigenvalue weighted by atomic mass is 35.5. The number of benzene rings is 1. The Balaban J connectivity index is 0.00000162. The van der Waals surface area contributed by atoms with E-state index < -0.39 is 0 Å². The number of rotatable bonds is 2. The van der Waals surface area contributed by atoms with Gasteiger partial charge in [-0.3, -0.25) is 4.79 Å². The minimum absolute atomic E-state index is 0. The monoisotopic (exact) mass is 288 g/mol. The molecule has 5 heteroatoms. The average Bonchev–Trinajstić information content (AvgIpc) is 2.34. The van der Waals surface area contributed by atoms with Crippen LogP contribution in [-0.2, 0) is 0 Å². The molecule has 2 rings (SSSR count). The van der Waals surface area contributed by atoms with E-state index in [0.717, 1.165) is 31.5 Å².